The summed E-state index contributed by atoms with van der Waals surface area (Å²) in [7, 11) is 0. The van der Waals surface area contributed by atoms with Crippen molar-refractivity contribution in [3.05, 3.63) is 191 Å². The number of anilines is 5. The van der Waals surface area contributed by atoms with Crippen LogP contribution in [0.5, 0.6) is 11.5 Å². The third-order valence-corrected chi connectivity index (χ3v) is 15.4. The van der Waals surface area contributed by atoms with Gasteiger partial charge in [0.25, 0.3) is 0 Å². The van der Waals surface area contributed by atoms with E-state index in [4.69, 9.17) is 9.72 Å². The van der Waals surface area contributed by atoms with Crippen LogP contribution in [0.15, 0.2) is 128 Å². The van der Waals surface area contributed by atoms with Crippen molar-refractivity contribution in [2.24, 2.45) is 0 Å². The minimum atomic E-state index is -0.225. The van der Waals surface area contributed by atoms with E-state index in [0.717, 1.165) is 33.6 Å². The van der Waals surface area contributed by atoms with E-state index in [1.54, 1.807) is 0 Å². The van der Waals surface area contributed by atoms with E-state index in [2.05, 4.69) is 225 Å². The zero-order valence-electron chi connectivity index (χ0n) is 41.2. The molecule has 68 heavy (non-hydrogen) atoms. The fraction of sp³-hybridized carbons (Fsp3) is 0.279. The molecule has 7 heteroatoms. The van der Waals surface area contributed by atoms with Gasteiger partial charge in [-0.25, -0.2) is 4.98 Å². The summed E-state index contributed by atoms with van der Waals surface area (Å²) in [4.78, 5) is 11.9. The minimum Gasteiger partial charge on any atom is -0.509 e. The fourth-order valence-electron chi connectivity index (χ4n) is 11.4. The van der Waals surface area contributed by atoms with Gasteiger partial charge in [-0.2, -0.15) is 12.1 Å². The Bertz CT molecular complexity index is 3360. The molecule has 4 aliphatic heterocycles. The molecule has 6 aromatic carbocycles. The minimum absolute atomic E-state index is 0. The molecule has 0 saturated carbocycles. The molecule has 6 nitrogen and oxygen atoms in total. The molecule has 0 radical (unpaired) electrons. The van der Waals surface area contributed by atoms with E-state index < -0.39 is 0 Å². The van der Waals surface area contributed by atoms with E-state index in [-0.39, 0.29) is 48.1 Å². The van der Waals surface area contributed by atoms with Crippen molar-refractivity contribution in [3.63, 3.8) is 0 Å². The van der Waals surface area contributed by atoms with Crippen LogP contribution in [0.3, 0.4) is 0 Å². The average Bonchev–Trinajstić information content (AvgIpc) is 3.91. The Morgan fingerprint density at radius 3 is 1.71 bits per heavy atom. The molecule has 0 unspecified atom stereocenters. The Hall–Kier alpha value is -6.10. The SMILES string of the molecule is CC(C)(C)c1ccnc(-n2c3[c-]c(Oc4[c-]c(N5C=CN(c6cc7c8c(c6)C(C)(C)c6cccc9c6N8c6c(cccc6C7(C)C)C9(C)C)[CH-]5)ccc4)ccc3c3cc(C(C)(C)C)ccc32)c1.[Pt]. The zero-order chi connectivity index (χ0) is 46.7. The van der Waals surface area contributed by atoms with Crippen LogP contribution < -0.4 is 19.4 Å². The van der Waals surface area contributed by atoms with E-state index in [1.165, 1.54) is 67.0 Å². The van der Waals surface area contributed by atoms with Gasteiger partial charge in [0.1, 0.15) is 5.82 Å². The van der Waals surface area contributed by atoms with Crippen LogP contribution in [0, 0.1) is 18.8 Å². The molecule has 6 heterocycles. The maximum Gasteiger partial charge on any atom is 0.135 e. The maximum absolute atomic E-state index is 6.65. The topological polar surface area (TPSA) is 36.8 Å². The Kier molecular flexibility index (Phi) is 9.60. The van der Waals surface area contributed by atoms with Gasteiger partial charge in [-0.15, -0.1) is 48.1 Å². The fourth-order valence-corrected chi connectivity index (χ4v) is 11.4. The largest absolute Gasteiger partial charge is 0.509 e. The van der Waals surface area contributed by atoms with Crippen molar-refractivity contribution < 1.29 is 25.8 Å². The number of hydrogen-bond acceptors (Lipinski definition) is 5. The van der Waals surface area contributed by atoms with Crippen molar-refractivity contribution >= 4 is 50.2 Å². The monoisotopic (exact) mass is 1070 g/mol. The van der Waals surface area contributed by atoms with Gasteiger partial charge in [0.15, 0.2) is 0 Å². The first kappa shape index (κ1) is 44.4. The molecule has 4 aliphatic rings. The third-order valence-electron chi connectivity index (χ3n) is 15.4. The van der Waals surface area contributed by atoms with E-state index in [0.29, 0.717) is 11.5 Å². The Labute approximate surface area is 416 Å². The molecule has 0 bridgehead atoms. The van der Waals surface area contributed by atoms with Crippen molar-refractivity contribution in [3.8, 4) is 17.3 Å². The summed E-state index contributed by atoms with van der Waals surface area (Å²) >= 11 is 0. The summed E-state index contributed by atoms with van der Waals surface area (Å²) in [6.07, 6.45) is 6.17. The second kappa shape index (κ2) is 14.7. The molecule has 0 aliphatic carbocycles. The third kappa shape index (κ3) is 6.35. The van der Waals surface area contributed by atoms with Gasteiger partial charge < -0.3 is 24.0 Å². The molecule has 0 atom stereocenters. The van der Waals surface area contributed by atoms with Crippen LogP contribution in [0.2, 0.25) is 0 Å². The summed E-state index contributed by atoms with van der Waals surface area (Å²) in [6.45, 7) is 30.1. The quantitative estimate of drug-likeness (QED) is 0.161. The van der Waals surface area contributed by atoms with Crippen LogP contribution in [0.1, 0.15) is 128 Å². The van der Waals surface area contributed by atoms with Gasteiger partial charge in [-0.1, -0.05) is 137 Å². The van der Waals surface area contributed by atoms with Gasteiger partial charge in [0.05, 0.1) is 17.1 Å². The van der Waals surface area contributed by atoms with Gasteiger partial charge >= 0.3 is 0 Å². The molecule has 0 saturated heterocycles. The molecule has 346 valence electrons. The predicted molar refractivity (Wildman–Crippen MR) is 276 cm³/mol. The van der Waals surface area contributed by atoms with Crippen molar-refractivity contribution in [1.29, 1.82) is 0 Å². The number of rotatable bonds is 5. The normalized spacial score (nSPS) is 16.9. The Morgan fingerprint density at radius 1 is 0.544 bits per heavy atom. The average molecular weight is 1070 g/mol. The van der Waals surface area contributed by atoms with E-state index in [1.807, 2.05) is 24.4 Å². The number of aromatic nitrogens is 2. The van der Waals surface area contributed by atoms with E-state index >= 15 is 0 Å². The maximum atomic E-state index is 6.65. The van der Waals surface area contributed by atoms with Gasteiger partial charge in [-0.3, -0.25) is 0 Å². The molecule has 0 spiro atoms. The smallest absolute Gasteiger partial charge is 0.135 e. The van der Waals surface area contributed by atoms with Crippen molar-refractivity contribution in [2.75, 3.05) is 14.7 Å². The number of pyridine rings is 1. The van der Waals surface area contributed by atoms with Crippen LogP contribution in [0.4, 0.5) is 28.4 Å². The second-order valence-corrected chi connectivity index (χ2v) is 22.8. The first-order chi connectivity index (χ1) is 31.7. The summed E-state index contributed by atoms with van der Waals surface area (Å²) in [6, 6.07) is 47.4. The number of ether oxygens (including phenoxy) is 1. The van der Waals surface area contributed by atoms with Crippen LogP contribution in [-0.4, -0.2) is 9.55 Å². The van der Waals surface area contributed by atoms with Gasteiger partial charge in [-0.05, 0) is 103 Å². The summed E-state index contributed by atoms with van der Waals surface area (Å²) in [5, 5.41) is 2.28. The first-order valence-corrected chi connectivity index (χ1v) is 23.8. The summed E-state index contributed by atoms with van der Waals surface area (Å²) in [5.74, 6) is 2.09. The molecular weight excluding hydrogens is 1010 g/mol. The van der Waals surface area contributed by atoms with E-state index in [9.17, 15) is 0 Å². The van der Waals surface area contributed by atoms with Crippen LogP contribution in [0.25, 0.3) is 27.6 Å². The number of para-hydroxylation sites is 2. The van der Waals surface area contributed by atoms with Crippen molar-refractivity contribution in [2.45, 2.75) is 110 Å². The number of benzene rings is 6. The predicted octanol–water partition coefficient (Wildman–Crippen LogP) is 15.5. The Morgan fingerprint density at radius 2 is 1.09 bits per heavy atom. The molecule has 0 N–H and O–H groups in total. The molecule has 8 aromatic rings. The molecular formula is C61H58N5OPt-3. The molecule has 0 amide bonds. The Balaban J connectivity index is 0.00000507. The summed E-state index contributed by atoms with van der Waals surface area (Å²) in [5.41, 5.74) is 18.2. The van der Waals surface area contributed by atoms with Crippen LogP contribution >= 0.6 is 0 Å². The van der Waals surface area contributed by atoms with Gasteiger partial charge in [0, 0.05) is 66.2 Å². The zero-order valence-corrected chi connectivity index (χ0v) is 43.4. The molecule has 12 rings (SSSR count). The van der Waals surface area contributed by atoms with Crippen LogP contribution in [-0.2, 0) is 48.1 Å². The van der Waals surface area contributed by atoms with Crippen molar-refractivity contribution in [1.82, 2.24) is 9.55 Å². The number of hydrogen-bond donors (Lipinski definition) is 0. The molecule has 0 fully saturated rings. The first-order valence-electron chi connectivity index (χ1n) is 23.8. The summed E-state index contributed by atoms with van der Waals surface area (Å²) < 4.78 is 8.88. The molecule has 2 aromatic heterocycles. The standard InChI is InChI=1S/C61H58N5O.Pt/c1-57(2,3)37-22-25-51-44(30-37)43-24-23-42(35-52(43)65(51)53-31-38(26-27-62-53)58(4,5)6)67-41-17-13-16-39(32-41)63-28-29-64(36-63)40-33-49-56-50(34-40)61(11,12)48-21-15-19-46-55(48)66(56)54-45(59(46,7)8)18-14-20-47(54)60(49,9)10;/h13-31,33-34,36H,1-12H3;/q-3;. The number of nitrogens with zero attached hydrogens (tertiary/aromatic N) is 5. The number of fused-ring (bicyclic) bond motifs is 3. The van der Waals surface area contributed by atoms with Gasteiger partial charge in [0.2, 0.25) is 0 Å². The second-order valence-electron chi connectivity index (χ2n) is 22.8.